The SMILES string of the molecule is COc1cc(OC)cc(OCCNc2nc(N)nc(C(C)(C)F)n2)c1. The van der Waals surface area contributed by atoms with E-state index in [1.54, 1.807) is 32.4 Å². The molecule has 3 N–H and O–H groups in total. The van der Waals surface area contributed by atoms with Crippen LogP contribution in [0.5, 0.6) is 17.2 Å². The number of hydrogen-bond donors (Lipinski definition) is 2. The van der Waals surface area contributed by atoms with Gasteiger partial charge in [-0.15, -0.1) is 0 Å². The highest BCUT2D eigenvalue weighted by atomic mass is 19.1. The molecule has 0 radical (unpaired) electrons. The van der Waals surface area contributed by atoms with Gasteiger partial charge < -0.3 is 25.3 Å². The molecule has 0 aliphatic carbocycles. The molecular weight excluding hydrogens is 329 g/mol. The van der Waals surface area contributed by atoms with Gasteiger partial charge in [-0.2, -0.15) is 15.0 Å². The summed E-state index contributed by atoms with van der Waals surface area (Å²) in [5.41, 5.74) is 3.88. The molecule has 2 rings (SSSR count). The first-order valence-corrected chi connectivity index (χ1v) is 7.62. The number of hydrogen-bond acceptors (Lipinski definition) is 8. The lowest BCUT2D eigenvalue weighted by Crippen LogP contribution is -2.20. The number of ether oxygens (including phenoxy) is 3. The van der Waals surface area contributed by atoms with E-state index in [9.17, 15) is 4.39 Å². The number of anilines is 2. The Labute approximate surface area is 145 Å². The largest absolute Gasteiger partial charge is 0.496 e. The van der Waals surface area contributed by atoms with Crippen molar-refractivity contribution in [2.24, 2.45) is 0 Å². The van der Waals surface area contributed by atoms with Crippen molar-refractivity contribution in [3.8, 4) is 17.2 Å². The summed E-state index contributed by atoms with van der Waals surface area (Å²) in [6.07, 6.45) is 0. The molecule has 0 saturated heterocycles. The molecule has 8 nitrogen and oxygen atoms in total. The van der Waals surface area contributed by atoms with Crippen molar-refractivity contribution in [1.29, 1.82) is 0 Å². The van der Waals surface area contributed by atoms with Gasteiger partial charge in [0.15, 0.2) is 11.5 Å². The number of halogens is 1. The van der Waals surface area contributed by atoms with Gasteiger partial charge in [-0.25, -0.2) is 4.39 Å². The molecule has 1 heterocycles. The van der Waals surface area contributed by atoms with Crippen molar-refractivity contribution in [1.82, 2.24) is 15.0 Å². The van der Waals surface area contributed by atoms with E-state index in [0.717, 1.165) is 0 Å². The Kier molecular flexibility index (Phi) is 5.79. The minimum atomic E-state index is -1.71. The second-order valence-corrected chi connectivity index (χ2v) is 5.64. The van der Waals surface area contributed by atoms with Crippen molar-refractivity contribution in [3.05, 3.63) is 24.0 Å². The highest BCUT2D eigenvalue weighted by molar-refractivity contribution is 5.42. The Hall–Kier alpha value is -2.84. The highest BCUT2D eigenvalue weighted by Gasteiger charge is 2.24. The molecule has 25 heavy (non-hydrogen) atoms. The van der Waals surface area contributed by atoms with Crippen LogP contribution in [-0.4, -0.2) is 42.3 Å². The lowest BCUT2D eigenvalue weighted by molar-refractivity contribution is 0.206. The monoisotopic (exact) mass is 351 g/mol. The summed E-state index contributed by atoms with van der Waals surface area (Å²) >= 11 is 0. The molecule has 0 amide bonds. The Morgan fingerprint density at radius 3 is 2.20 bits per heavy atom. The average Bonchev–Trinajstić information content (AvgIpc) is 2.57. The zero-order valence-electron chi connectivity index (χ0n) is 14.7. The summed E-state index contributed by atoms with van der Waals surface area (Å²) in [6.45, 7) is 3.40. The van der Waals surface area contributed by atoms with Crippen LogP contribution in [0.4, 0.5) is 16.3 Å². The van der Waals surface area contributed by atoms with Crippen LogP contribution in [0.1, 0.15) is 19.7 Å². The van der Waals surface area contributed by atoms with E-state index in [0.29, 0.717) is 30.4 Å². The third kappa shape index (κ3) is 5.33. The standard InChI is InChI=1S/C16H22FN5O3/c1-16(2,17)13-20-14(18)22-15(21-13)19-5-6-25-12-8-10(23-3)7-11(9-12)24-4/h7-9H,5-6H2,1-4H3,(H3,18,19,20,21,22). The topological polar surface area (TPSA) is 104 Å². The molecule has 0 aliphatic rings. The third-order valence-electron chi connectivity index (χ3n) is 3.16. The van der Waals surface area contributed by atoms with Crippen molar-refractivity contribution in [2.45, 2.75) is 19.5 Å². The lowest BCUT2D eigenvalue weighted by Gasteiger charge is -2.14. The van der Waals surface area contributed by atoms with E-state index in [2.05, 4.69) is 20.3 Å². The van der Waals surface area contributed by atoms with Gasteiger partial charge in [-0.3, -0.25) is 0 Å². The summed E-state index contributed by atoms with van der Waals surface area (Å²) in [6, 6.07) is 5.24. The van der Waals surface area contributed by atoms with Crippen molar-refractivity contribution in [2.75, 3.05) is 38.4 Å². The maximum absolute atomic E-state index is 13.9. The number of alkyl halides is 1. The molecule has 1 aromatic heterocycles. The van der Waals surface area contributed by atoms with E-state index >= 15 is 0 Å². The second kappa shape index (κ2) is 7.82. The number of nitrogens with two attached hydrogens (primary N) is 1. The fraction of sp³-hybridized carbons (Fsp3) is 0.438. The van der Waals surface area contributed by atoms with E-state index in [1.807, 2.05) is 0 Å². The smallest absolute Gasteiger partial charge is 0.227 e. The predicted molar refractivity (Wildman–Crippen MR) is 91.9 cm³/mol. The van der Waals surface area contributed by atoms with Gasteiger partial charge in [0.05, 0.1) is 20.8 Å². The molecule has 9 heteroatoms. The number of methoxy groups -OCH3 is 2. The summed E-state index contributed by atoms with van der Waals surface area (Å²) in [7, 11) is 3.13. The molecule has 0 spiro atoms. The molecule has 0 fully saturated rings. The molecule has 0 atom stereocenters. The zero-order valence-corrected chi connectivity index (χ0v) is 14.7. The molecule has 1 aromatic carbocycles. The third-order valence-corrected chi connectivity index (χ3v) is 3.16. The van der Waals surface area contributed by atoms with Gasteiger partial charge >= 0.3 is 0 Å². The molecule has 0 saturated carbocycles. The van der Waals surface area contributed by atoms with Crippen LogP contribution in [0.15, 0.2) is 18.2 Å². The van der Waals surface area contributed by atoms with Gasteiger partial charge in [-0.1, -0.05) is 0 Å². The Balaban J connectivity index is 1.94. The summed E-state index contributed by atoms with van der Waals surface area (Å²) in [4.78, 5) is 11.7. The lowest BCUT2D eigenvalue weighted by atomic mass is 10.1. The predicted octanol–water partition coefficient (Wildman–Crippen LogP) is 2.17. The number of nitrogen functional groups attached to an aromatic ring is 1. The number of rotatable bonds is 8. The normalized spacial score (nSPS) is 11.1. The fourth-order valence-corrected chi connectivity index (χ4v) is 1.93. The number of nitrogens with zero attached hydrogens (tertiary/aromatic N) is 3. The molecule has 0 aliphatic heterocycles. The van der Waals surface area contributed by atoms with Gasteiger partial charge in [-0.05, 0) is 13.8 Å². The highest BCUT2D eigenvalue weighted by Crippen LogP contribution is 2.27. The van der Waals surface area contributed by atoms with E-state index < -0.39 is 5.67 Å². The first kappa shape index (κ1) is 18.5. The quantitative estimate of drug-likeness (QED) is 0.697. The van der Waals surface area contributed by atoms with E-state index in [4.69, 9.17) is 19.9 Å². The molecule has 0 unspecified atom stereocenters. The van der Waals surface area contributed by atoms with Crippen LogP contribution < -0.4 is 25.3 Å². The fourth-order valence-electron chi connectivity index (χ4n) is 1.93. The van der Waals surface area contributed by atoms with Crippen LogP contribution in [0.25, 0.3) is 0 Å². The maximum atomic E-state index is 13.9. The van der Waals surface area contributed by atoms with Crippen LogP contribution in [0.3, 0.4) is 0 Å². The van der Waals surface area contributed by atoms with Crippen LogP contribution >= 0.6 is 0 Å². The van der Waals surface area contributed by atoms with Crippen molar-refractivity contribution >= 4 is 11.9 Å². The van der Waals surface area contributed by atoms with Gasteiger partial charge in [0.1, 0.15) is 23.9 Å². The average molecular weight is 351 g/mol. The van der Waals surface area contributed by atoms with Crippen molar-refractivity contribution < 1.29 is 18.6 Å². The van der Waals surface area contributed by atoms with Gasteiger partial charge in [0, 0.05) is 18.2 Å². The van der Waals surface area contributed by atoms with Gasteiger partial charge in [0.25, 0.3) is 0 Å². The molecule has 2 aromatic rings. The number of aromatic nitrogens is 3. The van der Waals surface area contributed by atoms with Crippen LogP contribution in [-0.2, 0) is 5.67 Å². The van der Waals surface area contributed by atoms with Crippen LogP contribution in [0.2, 0.25) is 0 Å². The minimum absolute atomic E-state index is 0.0269. The zero-order chi connectivity index (χ0) is 18.4. The van der Waals surface area contributed by atoms with E-state index in [1.165, 1.54) is 13.8 Å². The van der Waals surface area contributed by atoms with Crippen molar-refractivity contribution in [3.63, 3.8) is 0 Å². The molecular formula is C16H22FN5O3. The number of nitrogens with one attached hydrogen (secondary N) is 1. The Morgan fingerprint density at radius 1 is 1.04 bits per heavy atom. The summed E-state index contributed by atoms with van der Waals surface area (Å²) in [5.74, 6) is 1.97. The first-order chi connectivity index (χ1) is 11.8. The molecule has 0 bridgehead atoms. The van der Waals surface area contributed by atoms with Gasteiger partial charge in [0.2, 0.25) is 11.9 Å². The summed E-state index contributed by atoms with van der Waals surface area (Å²) < 4.78 is 29.9. The second-order valence-electron chi connectivity index (χ2n) is 5.64. The Morgan fingerprint density at radius 2 is 1.64 bits per heavy atom. The molecule has 136 valence electrons. The number of benzene rings is 1. The van der Waals surface area contributed by atoms with Crippen LogP contribution in [0, 0.1) is 0 Å². The Bertz CT molecular complexity index is 699. The first-order valence-electron chi connectivity index (χ1n) is 7.62. The minimum Gasteiger partial charge on any atom is -0.496 e. The summed E-state index contributed by atoms with van der Waals surface area (Å²) in [5, 5.41) is 2.93. The van der Waals surface area contributed by atoms with E-state index in [-0.39, 0.29) is 17.7 Å². The maximum Gasteiger partial charge on any atom is 0.227 e.